The smallest absolute Gasteiger partial charge is 0.269 e. The summed E-state index contributed by atoms with van der Waals surface area (Å²) in [7, 11) is 0. The van der Waals surface area contributed by atoms with Gasteiger partial charge in [0.15, 0.2) is 5.76 Å². The van der Waals surface area contributed by atoms with E-state index in [2.05, 4.69) is 0 Å². The van der Waals surface area contributed by atoms with Crippen LogP contribution in [0.15, 0.2) is 72.5 Å². The van der Waals surface area contributed by atoms with E-state index in [9.17, 15) is 14.9 Å². The standard InChI is InChI=1S/C22H14ClNO5/c23-19-4-2-1-3-15(19)13-28-17-9-10-18-20(12-17)29-21(22(18)25)11-14-5-7-16(8-6-14)24(26)27/h1-12H,13H2/b21-11+. The van der Waals surface area contributed by atoms with Crippen LogP contribution in [-0.2, 0) is 6.61 Å². The Labute approximate surface area is 171 Å². The summed E-state index contributed by atoms with van der Waals surface area (Å²) in [5.41, 5.74) is 1.89. The van der Waals surface area contributed by atoms with Crippen molar-refractivity contribution < 1.29 is 19.2 Å². The van der Waals surface area contributed by atoms with Gasteiger partial charge in [-0.15, -0.1) is 0 Å². The van der Waals surface area contributed by atoms with Gasteiger partial charge in [0.05, 0.1) is 10.5 Å². The zero-order chi connectivity index (χ0) is 20.4. The van der Waals surface area contributed by atoms with Gasteiger partial charge in [-0.25, -0.2) is 0 Å². The van der Waals surface area contributed by atoms with Gasteiger partial charge < -0.3 is 9.47 Å². The fourth-order valence-corrected chi connectivity index (χ4v) is 3.07. The Bertz CT molecular complexity index is 1140. The van der Waals surface area contributed by atoms with Gasteiger partial charge in [-0.2, -0.15) is 0 Å². The van der Waals surface area contributed by atoms with Gasteiger partial charge in [-0.3, -0.25) is 14.9 Å². The summed E-state index contributed by atoms with van der Waals surface area (Å²) < 4.78 is 11.5. The number of Topliss-reactive ketones (excluding diaryl/α,β-unsaturated/α-hetero) is 1. The molecule has 3 aromatic carbocycles. The van der Waals surface area contributed by atoms with Crippen molar-refractivity contribution in [2.24, 2.45) is 0 Å². The summed E-state index contributed by atoms with van der Waals surface area (Å²) in [5, 5.41) is 11.4. The van der Waals surface area contributed by atoms with Crippen molar-refractivity contribution in [2.45, 2.75) is 6.61 Å². The lowest BCUT2D eigenvalue weighted by Gasteiger charge is -2.08. The second-order valence-electron chi connectivity index (χ2n) is 6.33. The third kappa shape index (κ3) is 3.97. The fourth-order valence-electron chi connectivity index (χ4n) is 2.88. The van der Waals surface area contributed by atoms with Crippen molar-refractivity contribution in [1.29, 1.82) is 0 Å². The molecule has 3 aromatic rings. The maximum atomic E-state index is 12.6. The van der Waals surface area contributed by atoms with E-state index in [1.807, 2.05) is 18.2 Å². The number of rotatable bonds is 5. The van der Waals surface area contributed by atoms with Crippen LogP contribution < -0.4 is 9.47 Å². The minimum absolute atomic E-state index is 0.0191. The number of fused-ring (bicyclic) bond motifs is 1. The number of nitro benzene ring substituents is 1. The van der Waals surface area contributed by atoms with Crippen LogP contribution in [0.1, 0.15) is 21.5 Å². The quantitative estimate of drug-likeness (QED) is 0.319. The molecule has 7 heteroatoms. The molecule has 4 rings (SSSR count). The predicted molar refractivity (Wildman–Crippen MR) is 108 cm³/mol. The van der Waals surface area contributed by atoms with E-state index in [-0.39, 0.29) is 23.8 Å². The maximum absolute atomic E-state index is 12.6. The van der Waals surface area contributed by atoms with Gasteiger partial charge in [0.2, 0.25) is 5.78 Å². The molecule has 1 aliphatic rings. The lowest BCUT2D eigenvalue weighted by Crippen LogP contribution is -1.98. The van der Waals surface area contributed by atoms with Crippen LogP contribution in [-0.4, -0.2) is 10.7 Å². The second-order valence-corrected chi connectivity index (χ2v) is 6.73. The Morgan fingerprint density at radius 1 is 1.07 bits per heavy atom. The maximum Gasteiger partial charge on any atom is 0.269 e. The molecule has 0 spiro atoms. The number of ketones is 1. The Balaban J connectivity index is 1.51. The third-order valence-electron chi connectivity index (χ3n) is 4.40. The molecule has 144 valence electrons. The molecule has 0 saturated carbocycles. The highest BCUT2D eigenvalue weighted by molar-refractivity contribution is 6.31. The number of halogens is 1. The number of hydrogen-bond acceptors (Lipinski definition) is 5. The van der Waals surface area contributed by atoms with Crippen molar-refractivity contribution in [3.63, 3.8) is 0 Å². The minimum Gasteiger partial charge on any atom is -0.489 e. The van der Waals surface area contributed by atoms with Gasteiger partial charge in [-0.1, -0.05) is 29.8 Å². The molecule has 0 saturated heterocycles. The highest BCUT2D eigenvalue weighted by Gasteiger charge is 2.27. The summed E-state index contributed by atoms with van der Waals surface area (Å²) in [5.74, 6) is 0.848. The number of benzene rings is 3. The van der Waals surface area contributed by atoms with Crippen LogP contribution in [0.2, 0.25) is 5.02 Å². The van der Waals surface area contributed by atoms with Gasteiger partial charge in [0.25, 0.3) is 5.69 Å². The highest BCUT2D eigenvalue weighted by atomic mass is 35.5. The Hall–Kier alpha value is -3.64. The summed E-state index contributed by atoms with van der Waals surface area (Å²) in [6.07, 6.45) is 1.55. The third-order valence-corrected chi connectivity index (χ3v) is 4.76. The number of carbonyl (C=O) groups excluding carboxylic acids is 1. The second kappa shape index (κ2) is 7.77. The summed E-state index contributed by atoms with van der Waals surface area (Å²) in [6, 6.07) is 18.3. The predicted octanol–water partition coefficient (Wildman–Crippen LogP) is 5.44. The molecule has 0 N–H and O–H groups in total. The number of allylic oxidation sites excluding steroid dienone is 1. The number of nitrogens with zero attached hydrogens (tertiary/aromatic N) is 1. The monoisotopic (exact) mass is 407 g/mol. The van der Waals surface area contributed by atoms with Gasteiger partial charge in [0, 0.05) is 28.8 Å². The fraction of sp³-hybridized carbons (Fsp3) is 0.0455. The van der Waals surface area contributed by atoms with Crippen LogP contribution in [0.5, 0.6) is 11.5 Å². The van der Waals surface area contributed by atoms with Gasteiger partial charge >= 0.3 is 0 Å². The van der Waals surface area contributed by atoms with E-state index in [1.54, 1.807) is 42.5 Å². The number of hydrogen-bond donors (Lipinski definition) is 0. The molecule has 0 aromatic heterocycles. The lowest BCUT2D eigenvalue weighted by atomic mass is 10.1. The van der Waals surface area contributed by atoms with Crippen molar-refractivity contribution in [3.05, 3.63) is 104 Å². The zero-order valence-electron chi connectivity index (χ0n) is 15.0. The topological polar surface area (TPSA) is 78.7 Å². The summed E-state index contributed by atoms with van der Waals surface area (Å²) >= 11 is 6.13. The van der Waals surface area contributed by atoms with E-state index >= 15 is 0 Å². The first-order chi connectivity index (χ1) is 14.0. The summed E-state index contributed by atoms with van der Waals surface area (Å²) in [6.45, 7) is 0.290. The number of nitro groups is 1. The van der Waals surface area contributed by atoms with Crippen LogP contribution in [0, 0.1) is 10.1 Å². The first kappa shape index (κ1) is 18.7. The Kier molecular flexibility index (Phi) is 5.01. The average molecular weight is 408 g/mol. The van der Waals surface area contributed by atoms with Crippen molar-refractivity contribution in [1.82, 2.24) is 0 Å². The minimum atomic E-state index is -0.478. The first-order valence-electron chi connectivity index (χ1n) is 8.70. The van der Waals surface area contributed by atoms with E-state index in [0.29, 0.717) is 27.6 Å². The van der Waals surface area contributed by atoms with Crippen molar-refractivity contribution in [3.8, 4) is 11.5 Å². The normalized spacial score (nSPS) is 13.8. The molecule has 0 amide bonds. The molecule has 0 atom stereocenters. The Morgan fingerprint density at radius 2 is 1.83 bits per heavy atom. The molecule has 1 aliphatic heterocycles. The van der Waals surface area contributed by atoms with Crippen LogP contribution in [0.4, 0.5) is 5.69 Å². The van der Waals surface area contributed by atoms with Gasteiger partial charge in [0.1, 0.15) is 18.1 Å². The SMILES string of the molecule is O=C1/C(=C\c2ccc([N+](=O)[O-])cc2)Oc2cc(OCc3ccccc3Cl)ccc21. The number of non-ortho nitro benzene ring substituents is 1. The largest absolute Gasteiger partial charge is 0.489 e. The van der Waals surface area contributed by atoms with E-state index in [0.717, 1.165) is 5.56 Å². The highest BCUT2D eigenvalue weighted by Crippen LogP contribution is 2.35. The van der Waals surface area contributed by atoms with Crippen molar-refractivity contribution in [2.75, 3.05) is 0 Å². The molecule has 0 fully saturated rings. The molecule has 1 heterocycles. The summed E-state index contributed by atoms with van der Waals surface area (Å²) in [4.78, 5) is 22.8. The zero-order valence-corrected chi connectivity index (χ0v) is 15.8. The van der Waals surface area contributed by atoms with E-state index in [1.165, 1.54) is 12.1 Å². The van der Waals surface area contributed by atoms with E-state index in [4.69, 9.17) is 21.1 Å². The van der Waals surface area contributed by atoms with Crippen LogP contribution in [0.3, 0.4) is 0 Å². The number of carbonyl (C=O) groups is 1. The Morgan fingerprint density at radius 3 is 2.55 bits per heavy atom. The van der Waals surface area contributed by atoms with Gasteiger partial charge in [-0.05, 0) is 42.0 Å². The average Bonchev–Trinajstić information content (AvgIpc) is 3.02. The molecule has 0 unspecified atom stereocenters. The first-order valence-corrected chi connectivity index (χ1v) is 9.08. The molecule has 29 heavy (non-hydrogen) atoms. The van der Waals surface area contributed by atoms with Crippen molar-refractivity contribution >= 4 is 29.1 Å². The number of ether oxygens (including phenoxy) is 2. The molecule has 0 bridgehead atoms. The molecule has 6 nitrogen and oxygen atoms in total. The van der Waals surface area contributed by atoms with E-state index < -0.39 is 4.92 Å². The molecular formula is C22H14ClNO5. The molecular weight excluding hydrogens is 394 g/mol. The van der Waals surface area contributed by atoms with Crippen LogP contribution in [0.25, 0.3) is 6.08 Å². The molecule has 0 radical (unpaired) electrons. The van der Waals surface area contributed by atoms with Crippen LogP contribution >= 0.6 is 11.6 Å². The molecule has 0 aliphatic carbocycles. The lowest BCUT2D eigenvalue weighted by molar-refractivity contribution is -0.384.